The number of aliphatic hydroxyl groups excluding tert-OH is 1. The van der Waals surface area contributed by atoms with Gasteiger partial charge in [-0.2, -0.15) is 0 Å². The van der Waals surface area contributed by atoms with Gasteiger partial charge in [0.1, 0.15) is 0 Å². The monoisotopic (exact) mass is 311 g/mol. The van der Waals surface area contributed by atoms with E-state index >= 15 is 0 Å². The molecule has 5 nitrogen and oxygen atoms in total. The van der Waals surface area contributed by atoms with Gasteiger partial charge >= 0.3 is 0 Å². The third-order valence-electron chi connectivity index (χ3n) is 4.08. The minimum absolute atomic E-state index is 0.0979. The number of nitrogens with zero attached hydrogens (tertiary/aromatic N) is 2. The topological polar surface area (TPSA) is 67.2 Å². The average Bonchev–Trinajstić information content (AvgIpc) is 3.27. The fourth-order valence-electron chi connectivity index (χ4n) is 2.64. The van der Waals surface area contributed by atoms with Crippen LogP contribution in [0.5, 0.6) is 0 Å². The number of nitrogens with one attached hydrogen (secondary N) is 1. The van der Waals surface area contributed by atoms with Crippen molar-refractivity contribution in [3.05, 3.63) is 54.6 Å². The molecule has 120 valence electrons. The first-order chi connectivity index (χ1) is 11.3. The summed E-state index contributed by atoms with van der Waals surface area (Å²) in [4.78, 5) is 16.0. The first-order valence-corrected chi connectivity index (χ1v) is 7.94. The molecular formula is C18H21N3O2. The molecule has 1 atom stereocenters. The first-order valence-electron chi connectivity index (χ1n) is 7.94. The van der Waals surface area contributed by atoms with E-state index < -0.39 is 0 Å². The number of hydrogen-bond acceptors (Lipinski definition) is 3. The lowest BCUT2D eigenvalue weighted by molar-refractivity contribution is -0.117. The number of hydrogen-bond donors (Lipinski definition) is 2. The minimum atomic E-state index is -0.103. The zero-order valence-corrected chi connectivity index (χ0v) is 12.9. The third kappa shape index (κ3) is 4.29. The van der Waals surface area contributed by atoms with Crippen molar-refractivity contribution in [1.29, 1.82) is 0 Å². The Labute approximate surface area is 135 Å². The van der Waals surface area contributed by atoms with Crippen molar-refractivity contribution in [2.24, 2.45) is 5.92 Å². The second-order valence-corrected chi connectivity index (χ2v) is 5.86. The Kier molecular flexibility index (Phi) is 4.88. The number of amides is 1. The number of aromatic nitrogens is 2. The molecule has 0 radical (unpaired) electrons. The number of rotatable bonds is 7. The summed E-state index contributed by atoms with van der Waals surface area (Å²) >= 11 is 0. The molecule has 1 fully saturated rings. The van der Waals surface area contributed by atoms with Gasteiger partial charge in [-0.3, -0.25) is 4.79 Å². The van der Waals surface area contributed by atoms with Gasteiger partial charge in [0, 0.05) is 36.8 Å². The van der Waals surface area contributed by atoms with Crippen LogP contribution < -0.4 is 5.32 Å². The molecule has 1 aromatic heterocycles. The van der Waals surface area contributed by atoms with E-state index in [1.807, 2.05) is 35.0 Å². The van der Waals surface area contributed by atoms with Crippen LogP contribution in [0.2, 0.25) is 0 Å². The Bertz CT molecular complexity index is 658. The minimum Gasteiger partial charge on any atom is -0.396 e. The Hall–Kier alpha value is -2.40. The van der Waals surface area contributed by atoms with E-state index in [-0.39, 0.29) is 18.6 Å². The highest BCUT2D eigenvalue weighted by Crippen LogP contribution is 2.33. The van der Waals surface area contributed by atoms with Crippen LogP contribution in [0.3, 0.4) is 0 Å². The van der Waals surface area contributed by atoms with Crippen molar-refractivity contribution < 1.29 is 9.90 Å². The van der Waals surface area contributed by atoms with E-state index in [1.165, 1.54) is 0 Å². The molecule has 3 rings (SSSR count). The lowest BCUT2D eigenvalue weighted by Gasteiger charge is -2.15. The number of benzene rings is 1. The van der Waals surface area contributed by atoms with Crippen molar-refractivity contribution in [2.75, 3.05) is 6.61 Å². The van der Waals surface area contributed by atoms with Crippen LogP contribution in [0, 0.1) is 5.92 Å². The number of carbonyl (C=O) groups excluding carboxylic acids is 1. The zero-order valence-electron chi connectivity index (χ0n) is 12.9. The summed E-state index contributed by atoms with van der Waals surface area (Å²) in [6, 6.07) is 7.99. The number of aliphatic hydroxyl groups is 1. The molecule has 1 saturated carbocycles. The van der Waals surface area contributed by atoms with Crippen LogP contribution in [0.25, 0.3) is 11.8 Å². The molecule has 2 N–H and O–H groups in total. The third-order valence-corrected chi connectivity index (χ3v) is 4.08. The molecule has 5 heteroatoms. The summed E-state index contributed by atoms with van der Waals surface area (Å²) in [5.41, 5.74) is 2.00. The smallest absolute Gasteiger partial charge is 0.244 e. The lowest BCUT2D eigenvalue weighted by atomic mass is 10.1. The molecule has 1 heterocycles. The molecule has 2 aromatic rings. The first kappa shape index (κ1) is 15.5. The summed E-state index contributed by atoms with van der Waals surface area (Å²) in [5.74, 6) is 0.433. The largest absolute Gasteiger partial charge is 0.396 e. The number of imidazole rings is 1. The molecule has 0 spiro atoms. The predicted molar refractivity (Wildman–Crippen MR) is 89.0 cm³/mol. The maximum Gasteiger partial charge on any atom is 0.244 e. The quantitative estimate of drug-likeness (QED) is 0.770. The Morgan fingerprint density at radius 1 is 1.39 bits per heavy atom. The maximum atomic E-state index is 12.0. The van der Waals surface area contributed by atoms with Crippen LogP contribution in [-0.4, -0.2) is 33.2 Å². The van der Waals surface area contributed by atoms with Gasteiger partial charge in [-0.1, -0.05) is 12.1 Å². The van der Waals surface area contributed by atoms with E-state index in [0.29, 0.717) is 12.3 Å². The molecule has 0 aliphatic heterocycles. The highest BCUT2D eigenvalue weighted by atomic mass is 16.3. The molecule has 1 aliphatic rings. The fraction of sp³-hybridized carbons (Fsp3) is 0.333. The van der Waals surface area contributed by atoms with Gasteiger partial charge in [0.25, 0.3) is 0 Å². The van der Waals surface area contributed by atoms with Gasteiger partial charge in [-0.05, 0) is 49.0 Å². The molecule has 23 heavy (non-hydrogen) atoms. The van der Waals surface area contributed by atoms with Crippen molar-refractivity contribution in [3.63, 3.8) is 0 Å². The zero-order chi connectivity index (χ0) is 16.1. The van der Waals surface area contributed by atoms with Gasteiger partial charge < -0.3 is 15.0 Å². The van der Waals surface area contributed by atoms with Crippen molar-refractivity contribution in [3.8, 4) is 5.69 Å². The van der Waals surface area contributed by atoms with Crippen molar-refractivity contribution in [1.82, 2.24) is 14.9 Å². The summed E-state index contributed by atoms with van der Waals surface area (Å²) < 4.78 is 1.93. The van der Waals surface area contributed by atoms with E-state index in [0.717, 1.165) is 24.1 Å². The number of carbonyl (C=O) groups is 1. The van der Waals surface area contributed by atoms with Crippen LogP contribution in [0.1, 0.15) is 24.8 Å². The summed E-state index contributed by atoms with van der Waals surface area (Å²) in [7, 11) is 0. The predicted octanol–water partition coefficient (Wildman–Crippen LogP) is 2.16. The highest BCUT2D eigenvalue weighted by Gasteiger charge is 2.31. The standard InChI is InChI=1S/C18H21N3O2/c22-12-9-17(15-4-5-15)20-18(23)8-3-14-1-6-16(7-2-14)21-11-10-19-13-21/h1-3,6-8,10-11,13,15,17,22H,4-5,9,12H2,(H,20,23)/b8-3+. The van der Waals surface area contributed by atoms with Crippen LogP contribution >= 0.6 is 0 Å². The van der Waals surface area contributed by atoms with E-state index in [4.69, 9.17) is 5.11 Å². The molecule has 1 amide bonds. The normalized spacial score (nSPS) is 15.7. The molecule has 0 saturated heterocycles. The van der Waals surface area contributed by atoms with Gasteiger partial charge in [-0.15, -0.1) is 0 Å². The van der Waals surface area contributed by atoms with Crippen molar-refractivity contribution in [2.45, 2.75) is 25.3 Å². The molecule has 1 aromatic carbocycles. The van der Waals surface area contributed by atoms with Gasteiger partial charge in [0.2, 0.25) is 5.91 Å². The molecular weight excluding hydrogens is 290 g/mol. The Morgan fingerprint density at radius 3 is 2.78 bits per heavy atom. The van der Waals surface area contributed by atoms with Crippen LogP contribution in [-0.2, 0) is 4.79 Å². The second-order valence-electron chi connectivity index (χ2n) is 5.86. The summed E-state index contributed by atoms with van der Waals surface area (Å²) in [6.45, 7) is 0.112. The van der Waals surface area contributed by atoms with Crippen LogP contribution in [0.15, 0.2) is 49.1 Å². The van der Waals surface area contributed by atoms with Gasteiger partial charge in [-0.25, -0.2) is 4.98 Å². The Balaban J connectivity index is 1.57. The lowest BCUT2D eigenvalue weighted by Crippen LogP contribution is -2.36. The molecule has 1 aliphatic carbocycles. The summed E-state index contributed by atoms with van der Waals surface area (Å²) in [5, 5.41) is 12.0. The molecule has 0 bridgehead atoms. The maximum absolute atomic E-state index is 12.0. The summed E-state index contributed by atoms with van der Waals surface area (Å²) in [6.07, 6.45) is 11.6. The van der Waals surface area contributed by atoms with E-state index in [1.54, 1.807) is 24.7 Å². The van der Waals surface area contributed by atoms with Crippen molar-refractivity contribution >= 4 is 12.0 Å². The molecule has 1 unspecified atom stereocenters. The average molecular weight is 311 g/mol. The van der Waals surface area contributed by atoms with Crippen LogP contribution in [0.4, 0.5) is 0 Å². The van der Waals surface area contributed by atoms with Gasteiger partial charge in [0.05, 0.1) is 6.33 Å². The fourth-order valence-corrected chi connectivity index (χ4v) is 2.64. The highest BCUT2D eigenvalue weighted by molar-refractivity contribution is 5.91. The van der Waals surface area contributed by atoms with Gasteiger partial charge in [0.15, 0.2) is 0 Å². The van der Waals surface area contributed by atoms with E-state index in [9.17, 15) is 4.79 Å². The Morgan fingerprint density at radius 2 is 2.17 bits per heavy atom. The second kappa shape index (κ2) is 7.24. The van der Waals surface area contributed by atoms with E-state index in [2.05, 4.69) is 10.3 Å². The SMILES string of the molecule is O=C(/C=C/c1ccc(-n2ccnc2)cc1)NC(CCO)C1CC1.